The fourth-order valence-corrected chi connectivity index (χ4v) is 7.22. The second kappa shape index (κ2) is 16.5. The zero-order valence-corrected chi connectivity index (χ0v) is 28.9. The third-order valence-corrected chi connectivity index (χ3v) is 10.1. The van der Waals surface area contributed by atoms with Crippen LogP contribution in [-0.2, 0) is 46.4 Å². The number of aliphatic carboxylic acids is 1. The summed E-state index contributed by atoms with van der Waals surface area (Å²) < 4.78 is 44.6. The van der Waals surface area contributed by atoms with Crippen molar-refractivity contribution in [1.29, 1.82) is 0 Å². The molecule has 0 aromatic heterocycles. The number of nitrogens with zero attached hydrogens (tertiary/aromatic N) is 1. The normalized spacial score (nSPS) is 16.6. The van der Waals surface area contributed by atoms with Crippen LogP contribution in [0.2, 0.25) is 0 Å². The highest BCUT2D eigenvalue weighted by Crippen LogP contribution is 2.33. The molecule has 4 aromatic rings. The summed E-state index contributed by atoms with van der Waals surface area (Å²) in [6.45, 7) is 0.543. The van der Waals surface area contributed by atoms with Gasteiger partial charge in [-0.3, -0.25) is 9.59 Å². The van der Waals surface area contributed by atoms with Crippen molar-refractivity contribution in [3.63, 3.8) is 0 Å². The maximum atomic E-state index is 13.9. The minimum absolute atomic E-state index is 0.0923. The third-order valence-electron chi connectivity index (χ3n) is 10.1. The van der Waals surface area contributed by atoms with Gasteiger partial charge in [0.2, 0.25) is 11.8 Å². The van der Waals surface area contributed by atoms with Crippen molar-refractivity contribution in [2.75, 3.05) is 6.61 Å². The van der Waals surface area contributed by atoms with Gasteiger partial charge in [-0.15, -0.1) is 0 Å². The van der Waals surface area contributed by atoms with E-state index < -0.39 is 35.7 Å². The Hall–Kier alpha value is -5.12. The molecule has 2 atom stereocenters. The average molecular weight is 713 g/mol. The smallest absolute Gasteiger partial charge is 0.416 e. The minimum Gasteiger partial charge on any atom is -0.494 e. The monoisotopic (exact) mass is 712 g/mol. The van der Waals surface area contributed by atoms with E-state index in [2.05, 4.69) is 5.32 Å². The molecule has 1 aliphatic heterocycles. The molecule has 1 heterocycles. The lowest BCUT2D eigenvalue weighted by atomic mass is 9.91. The van der Waals surface area contributed by atoms with Crippen molar-refractivity contribution in [3.05, 3.63) is 125 Å². The number of halogens is 3. The molecule has 4 aromatic carbocycles. The highest BCUT2D eigenvalue weighted by Gasteiger charge is 2.37. The summed E-state index contributed by atoms with van der Waals surface area (Å²) in [4.78, 5) is 41.6. The van der Waals surface area contributed by atoms with Gasteiger partial charge >= 0.3 is 12.1 Å². The number of carbonyl (C=O) groups is 3. The van der Waals surface area contributed by atoms with Crippen molar-refractivity contribution in [1.82, 2.24) is 10.2 Å². The maximum absolute atomic E-state index is 13.9. The van der Waals surface area contributed by atoms with E-state index in [1.807, 2.05) is 66.7 Å². The fourth-order valence-electron chi connectivity index (χ4n) is 7.22. The second-order valence-electron chi connectivity index (χ2n) is 13.8. The van der Waals surface area contributed by atoms with Gasteiger partial charge in [-0.25, -0.2) is 4.79 Å². The topological polar surface area (TPSA) is 95.9 Å². The van der Waals surface area contributed by atoms with Crippen molar-refractivity contribution >= 4 is 17.8 Å². The summed E-state index contributed by atoms with van der Waals surface area (Å²) in [7, 11) is 0. The number of nitrogens with one attached hydrogen (secondary N) is 1. The van der Waals surface area contributed by atoms with Crippen LogP contribution in [-0.4, -0.2) is 46.5 Å². The van der Waals surface area contributed by atoms with E-state index in [4.69, 9.17) is 4.74 Å². The van der Waals surface area contributed by atoms with Gasteiger partial charge in [0.1, 0.15) is 17.8 Å². The Bertz CT molecular complexity index is 1840. The Morgan fingerprint density at radius 3 is 2.19 bits per heavy atom. The highest BCUT2D eigenvalue weighted by molar-refractivity contribution is 5.91. The van der Waals surface area contributed by atoms with Crippen molar-refractivity contribution < 1.29 is 37.4 Å². The Balaban J connectivity index is 1.11. The van der Waals surface area contributed by atoms with E-state index in [9.17, 15) is 32.7 Å². The first-order chi connectivity index (χ1) is 25.0. The molecule has 2 amide bonds. The molecule has 1 saturated carbocycles. The molecule has 272 valence electrons. The molecule has 1 aliphatic carbocycles. The summed E-state index contributed by atoms with van der Waals surface area (Å²) in [6, 6.07) is 26.1. The zero-order valence-electron chi connectivity index (χ0n) is 28.9. The van der Waals surface area contributed by atoms with Gasteiger partial charge in [-0.2, -0.15) is 13.2 Å². The first-order valence-corrected chi connectivity index (χ1v) is 17.9. The van der Waals surface area contributed by atoms with Crippen LogP contribution in [0, 0.1) is 5.92 Å². The molecule has 0 radical (unpaired) electrons. The summed E-state index contributed by atoms with van der Waals surface area (Å²) in [6.07, 6.45) is 1.57. The van der Waals surface area contributed by atoms with Crippen molar-refractivity contribution in [2.45, 2.75) is 82.6 Å². The molecule has 2 N–H and O–H groups in total. The summed E-state index contributed by atoms with van der Waals surface area (Å²) >= 11 is 0. The number of alkyl halides is 3. The number of rotatable bonds is 13. The Morgan fingerprint density at radius 2 is 1.52 bits per heavy atom. The zero-order chi connectivity index (χ0) is 36.7. The number of hydrogen-bond donors (Lipinski definition) is 2. The number of hydrogen-bond acceptors (Lipinski definition) is 4. The van der Waals surface area contributed by atoms with E-state index in [0.29, 0.717) is 31.6 Å². The van der Waals surface area contributed by atoms with Gasteiger partial charge in [0.25, 0.3) is 0 Å². The molecule has 52 heavy (non-hydrogen) atoms. The van der Waals surface area contributed by atoms with Crippen LogP contribution < -0.4 is 10.1 Å². The largest absolute Gasteiger partial charge is 0.494 e. The average Bonchev–Trinajstić information content (AvgIpc) is 3.66. The molecule has 0 bridgehead atoms. The molecule has 7 nitrogen and oxygen atoms in total. The van der Waals surface area contributed by atoms with E-state index in [1.54, 1.807) is 11.0 Å². The first-order valence-electron chi connectivity index (χ1n) is 17.9. The van der Waals surface area contributed by atoms with Crippen molar-refractivity contribution in [2.24, 2.45) is 5.92 Å². The van der Waals surface area contributed by atoms with E-state index >= 15 is 0 Å². The number of amides is 2. The molecule has 2 aliphatic rings. The van der Waals surface area contributed by atoms with Gasteiger partial charge in [-0.1, -0.05) is 85.6 Å². The lowest BCUT2D eigenvalue weighted by Gasteiger charge is -2.37. The first kappa shape index (κ1) is 36.7. The molecule has 6 rings (SSSR count). The second-order valence-corrected chi connectivity index (χ2v) is 13.8. The number of carboxylic acids is 1. The third kappa shape index (κ3) is 9.40. The molecule has 1 fully saturated rings. The lowest BCUT2D eigenvalue weighted by molar-refractivity contribution is -0.145. The fraction of sp³-hybridized carbons (Fsp3) is 0.357. The standard InChI is InChI=1S/C42H43F3N2O5/c43-42(44,45)35-19-14-28(15-20-35)9-6-22-52-36-21-18-33-26-38(47(27-34(33)25-36)39(48)24-29-7-4-5-8-29)40(49)46-37(41(50)51)23-30-12-16-32(17-13-30)31-10-2-1-3-11-31/h1-3,10-21,25,29,37-38H,4-9,22-24,26-27H2,(H,46,49)(H,50,51)/t37-,38-/m0/s1. The van der Waals surface area contributed by atoms with Gasteiger partial charge in [0.05, 0.1) is 12.2 Å². The number of benzene rings is 4. The SMILES string of the molecule is O=C(O)[C@H](Cc1ccc(-c2ccccc2)cc1)NC(=O)[C@@H]1Cc2ccc(OCCCc3ccc(C(F)(F)F)cc3)cc2CN1C(=O)CC1CCCC1. The predicted molar refractivity (Wildman–Crippen MR) is 191 cm³/mol. The summed E-state index contributed by atoms with van der Waals surface area (Å²) in [5, 5.41) is 12.9. The number of aryl methyl sites for hydroxylation is 1. The van der Waals surface area contributed by atoms with Gasteiger partial charge < -0.3 is 20.1 Å². The Morgan fingerprint density at radius 1 is 0.846 bits per heavy atom. The minimum atomic E-state index is -4.37. The van der Waals surface area contributed by atoms with Crippen LogP contribution in [0.3, 0.4) is 0 Å². The number of ether oxygens (including phenoxy) is 1. The summed E-state index contributed by atoms with van der Waals surface area (Å²) in [5.41, 5.74) is 4.67. The molecule has 0 unspecified atom stereocenters. The number of carbonyl (C=O) groups excluding carboxylic acids is 2. The number of fused-ring (bicyclic) bond motifs is 1. The predicted octanol–water partition coefficient (Wildman–Crippen LogP) is 8.03. The van der Waals surface area contributed by atoms with E-state index in [0.717, 1.165) is 71.2 Å². The molecular weight excluding hydrogens is 669 g/mol. The molecule has 0 spiro atoms. The molecule has 0 saturated heterocycles. The quantitative estimate of drug-likeness (QED) is 0.137. The molecular formula is C42H43F3N2O5. The maximum Gasteiger partial charge on any atom is 0.416 e. The highest BCUT2D eigenvalue weighted by atomic mass is 19.4. The van der Waals surface area contributed by atoms with E-state index in [1.165, 1.54) is 12.1 Å². The van der Waals surface area contributed by atoms with Crippen LogP contribution in [0.1, 0.15) is 66.3 Å². The number of carboxylic acid groups (broad SMARTS) is 1. The van der Waals surface area contributed by atoms with Crippen molar-refractivity contribution in [3.8, 4) is 16.9 Å². The Kier molecular flexibility index (Phi) is 11.6. The molecule has 10 heteroatoms. The van der Waals surface area contributed by atoms with Crippen LogP contribution in [0.25, 0.3) is 11.1 Å². The van der Waals surface area contributed by atoms with Crippen LogP contribution in [0.5, 0.6) is 5.75 Å². The van der Waals surface area contributed by atoms with Gasteiger partial charge in [-0.05, 0) is 89.2 Å². The van der Waals surface area contributed by atoms with Crippen LogP contribution >= 0.6 is 0 Å². The van der Waals surface area contributed by atoms with Crippen LogP contribution in [0.15, 0.2) is 97.1 Å². The van der Waals surface area contributed by atoms with Crippen LogP contribution in [0.4, 0.5) is 13.2 Å². The Labute approximate surface area is 301 Å². The lowest BCUT2D eigenvalue weighted by Crippen LogP contribution is -2.56. The van der Waals surface area contributed by atoms with Gasteiger partial charge in [0, 0.05) is 25.8 Å². The van der Waals surface area contributed by atoms with Gasteiger partial charge in [0.15, 0.2) is 0 Å². The van der Waals surface area contributed by atoms with E-state index in [-0.39, 0.29) is 31.2 Å². The summed E-state index contributed by atoms with van der Waals surface area (Å²) in [5.74, 6) is -0.907.